The molecule has 6 heteroatoms. The van der Waals surface area contributed by atoms with Crippen molar-refractivity contribution in [2.45, 2.75) is 32.0 Å². The van der Waals surface area contributed by atoms with Crippen molar-refractivity contribution in [3.05, 3.63) is 48.2 Å². The van der Waals surface area contributed by atoms with Crippen molar-refractivity contribution >= 4 is 0 Å². The summed E-state index contributed by atoms with van der Waals surface area (Å²) >= 11 is 0. The molecule has 1 aromatic heterocycles. The van der Waals surface area contributed by atoms with Gasteiger partial charge < -0.3 is 4.74 Å². The van der Waals surface area contributed by atoms with Gasteiger partial charge in [-0.2, -0.15) is 5.26 Å². The summed E-state index contributed by atoms with van der Waals surface area (Å²) in [4.78, 5) is 4.21. The smallest absolute Gasteiger partial charge is 0.404 e. The molecule has 0 N–H and O–H groups in total. The summed E-state index contributed by atoms with van der Waals surface area (Å²) in [5, 5.41) is 8.48. The monoisotopic (exact) mass is 319 g/mol. The number of nitrogens with zero attached hydrogens (tertiary/aromatic N) is 2. The number of hydrogen-bond acceptors (Lipinski definition) is 3. The normalized spacial score (nSPS) is 11.0. The summed E-state index contributed by atoms with van der Waals surface area (Å²) in [5.74, 6) is -0.394. The van der Waals surface area contributed by atoms with Crippen LogP contribution in [-0.2, 0) is 6.42 Å². The number of ether oxygens (including phenoxy) is 1. The number of unbranched alkanes of at least 4 members (excludes halogenated alkanes) is 2. The summed E-state index contributed by atoms with van der Waals surface area (Å²) in [6.07, 6.45) is -0.156. The molecule has 2 rings (SSSR count). The number of aromatic nitrogens is 1. The molecule has 23 heavy (non-hydrogen) atoms. The molecule has 0 aliphatic heterocycles. The number of halogens is 3. The minimum Gasteiger partial charge on any atom is -0.404 e. The van der Waals surface area contributed by atoms with Gasteiger partial charge in [-0.3, -0.25) is 4.98 Å². The SMILES string of the molecule is N#CCCCCc1ccc(-c2ccc[c]c2OC(F)(F)F)nc1. The van der Waals surface area contributed by atoms with Crippen LogP contribution in [0.15, 0.2) is 36.5 Å². The molecule has 1 aromatic carbocycles. The van der Waals surface area contributed by atoms with Crippen LogP contribution in [0.2, 0.25) is 0 Å². The van der Waals surface area contributed by atoms with E-state index in [9.17, 15) is 13.2 Å². The van der Waals surface area contributed by atoms with Gasteiger partial charge in [-0.05, 0) is 37.0 Å². The predicted molar refractivity (Wildman–Crippen MR) is 78.4 cm³/mol. The zero-order chi connectivity index (χ0) is 16.7. The molecule has 0 atom stereocenters. The van der Waals surface area contributed by atoms with E-state index in [1.54, 1.807) is 18.3 Å². The molecule has 0 saturated heterocycles. The number of hydrogen-bond donors (Lipinski definition) is 0. The molecule has 0 unspecified atom stereocenters. The fourth-order valence-corrected chi connectivity index (χ4v) is 2.09. The molecule has 119 valence electrons. The Morgan fingerprint density at radius 2 is 2.04 bits per heavy atom. The van der Waals surface area contributed by atoms with Crippen molar-refractivity contribution < 1.29 is 17.9 Å². The lowest BCUT2D eigenvalue weighted by atomic mass is 10.1. The van der Waals surface area contributed by atoms with Crippen molar-refractivity contribution in [1.29, 1.82) is 5.26 Å². The first-order valence-electron chi connectivity index (χ1n) is 7.08. The Kier molecular flexibility index (Phi) is 5.58. The van der Waals surface area contributed by atoms with Gasteiger partial charge in [0.15, 0.2) is 0 Å². The van der Waals surface area contributed by atoms with Crippen LogP contribution in [-0.4, -0.2) is 11.3 Å². The molecule has 1 heterocycles. The Morgan fingerprint density at radius 3 is 2.70 bits per heavy atom. The number of pyridine rings is 1. The molecule has 0 saturated carbocycles. The first-order valence-corrected chi connectivity index (χ1v) is 7.08. The Bertz CT molecular complexity index is 675. The van der Waals surface area contributed by atoms with E-state index in [0.717, 1.165) is 24.8 Å². The van der Waals surface area contributed by atoms with E-state index in [2.05, 4.69) is 21.9 Å². The molecule has 0 bridgehead atoms. The fraction of sp³-hybridized carbons (Fsp3) is 0.294. The van der Waals surface area contributed by atoms with E-state index in [0.29, 0.717) is 12.1 Å². The van der Waals surface area contributed by atoms with E-state index < -0.39 is 12.1 Å². The third kappa shape index (κ3) is 5.29. The van der Waals surface area contributed by atoms with Crippen LogP contribution in [0.1, 0.15) is 24.8 Å². The fourth-order valence-electron chi connectivity index (χ4n) is 2.09. The van der Waals surface area contributed by atoms with Crippen molar-refractivity contribution in [3.63, 3.8) is 0 Å². The molecule has 0 spiro atoms. The number of aryl methyl sites for hydroxylation is 1. The van der Waals surface area contributed by atoms with Gasteiger partial charge in [-0.15, -0.1) is 13.2 Å². The van der Waals surface area contributed by atoms with Crippen LogP contribution in [0.5, 0.6) is 5.75 Å². The Morgan fingerprint density at radius 1 is 1.22 bits per heavy atom. The highest BCUT2D eigenvalue weighted by Crippen LogP contribution is 2.32. The average Bonchev–Trinajstić information content (AvgIpc) is 2.51. The van der Waals surface area contributed by atoms with Crippen LogP contribution in [0, 0.1) is 17.4 Å². The Balaban J connectivity index is 2.12. The number of nitriles is 1. The van der Waals surface area contributed by atoms with Crippen molar-refractivity contribution in [2.75, 3.05) is 0 Å². The first kappa shape index (κ1) is 16.8. The maximum Gasteiger partial charge on any atom is 0.573 e. The topological polar surface area (TPSA) is 45.9 Å². The zero-order valence-corrected chi connectivity index (χ0v) is 12.2. The van der Waals surface area contributed by atoms with Gasteiger partial charge in [0.25, 0.3) is 0 Å². The van der Waals surface area contributed by atoms with Gasteiger partial charge in [0.05, 0.1) is 11.8 Å². The van der Waals surface area contributed by atoms with Gasteiger partial charge in [0.2, 0.25) is 0 Å². The first-order chi connectivity index (χ1) is 11.0. The van der Waals surface area contributed by atoms with Gasteiger partial charge in [-0.25, -0.2) is 0 Å². The number of para-hydroxylation sites is 1. The van der Waals surface area contributed by atoms with Gasteiger partial charge >= 0.3 is 6.36 Å². The molecule has 1 radical (unpaired) electrons. The lowest BCUT2D eigenvalue weighted by molar-refractivity contribution is -0.274. The molecular weight excluding hydrogens is 305 g/mol. The van der Waals surface area contributed by atoms with Crippen molar-refractivity contribution in [2.24, 2.45) is 0 Å². The highest BCUT2D eigenvalue weighted by Gasteiger charge is 2.32. The van der Waals surface area contributed by atoms with E-state index in [-0.39, 0.29) is 5.56 Å². The third-order valence-corrected chi connectivity index (χ3v) is 3.14. The summed E-state index contributed by atoms with van der Waals surface area (Å²) in [6.45, 7) is 0. The number of rotatable bonds is 6. The minimum absolute atomic E-state index is 0.237. The van der Waals surface area contributed by atoms with Crippen LogP contribution >= 0.6 is 0 Å². The molecule has 0 aliphatic rings. The molecule has 3 nitrogen and oxygen atoms in total. The van der Waals surface area contributed by atoms with Crippen LogP contribution in [0.25, 0.3) is 11.3 Å². The largest absolute Gasteiger partial charge is 0.573 e. The van der Waals surface area contributed by atoms with Gasteiger partial charge in [0, 0.05) is 24.2 Å². The minimum atomic E-state index is -4.77. The molecular formula is C17H14F3N2O. The Labute approximate surface area is 132 Å². The maximum atomic E-state index is 12.4. The van der Waals surface area contributed by atoms with Crippen LogP contribution in [0.3, 0.4) is 0 Å². The molecule has 0 aliphatic carbocycles. The van der Waals surface area contributed by atoms with Crippen molar-refractivity contribution in [3.8, 4) is 23.1 Å². The number of alkyl halides is 3. The Hall–Kier alpha value is -2.55. The molecule has 0 amide bonds. The van der Waals surface area contributed by atoms with E-state index >= 15 is 0 Å². The molecule has 0 fully saturated rings. The summed E-state index contributed by atoms with van der Waals surface area (Å²) < 4.78 is 41.2. The average molecular weight is 319 g/mol. The second-order valence-corrected chi connectivity index (χ2v) is 4.88. The maximum absolute atomic E-state index is 12.4. The highest BCUT2D eigenvalue weighted by molar-refractivity contribution is 5.66. The molecule has 2 aromatic rings. The van der Waals surface area contributed by atoms with Crippen LogP contribution < -0.4 is 4.74 Å². The highest BCUT2D eigenvalue weighted by atomic mass is 19.4. The van der Waals surface area contributed by atoms with Gasteiger partial charge in [0.1, 0.15) is 5.75 Å². The van der Waals surface area contributed by atoms with E-state index in [4.69, 9.17) is 5.26 Å². The quantitative estimate of drug-likeness (QED) is 0.726. The van der Waals surface area contributed by atoms with E-state index in [1.165, 1.54) is 12.1 Å². The standard InChI is InChI=1S/C17H14F3N2O/c18-17(19,20)23-16-8-4-3-7-14(16)15-10-9-13(12-22-15)6-2-1-5-11-21/h3-4,7,9-10,12H,1-2,5-6H2. The summed E-state index contributed by atoms with van der Waals surface area (Å²) in [6, 6.07) is 12.4. The summed E-state index contributed by atoms with van der Waals surface area (Å²) in [5.41, 5.74) is 1.60. The third-order valence-electron chi connectivity index (χ3n) is 3.14. The zero-order valence-electron chi connectivity index (χ0n) is 12.2. The van der Waals surface area contributed by atoms with E-state index in [1.807, 2.05) is 6.07 Å². The van der Waals surface area contributed by atoms with Crippen LogP contribution in [0.4, 0.5) is 13.2 Å². The van der Waals surface area contributed by atoms with Crippen molar-refractivity contribution in [1.82, 2.24) is 4.98 Å². The predicted octanol–water partition coefficient (Wildman–Crippen LogP) is 4.68. The van der Waals surface area contributed by atoms with Gasteiger partial charge in [-0.1, -0.05) is 18.2 Å². The summed E-state index contributed by atoms with van der Waals surface area (Å²) in [7, 11) is 0. The lowest BCUT2D eigenvalue weighted by Gasteiger charge is -2.12. The second kappa shape index (κ2) is 7.63. The second-order valence-electron chi connectivity index (χ2n) is 4.88. The lowest BCUT2D eigenvalue weighted by Crippen LogP contribution is -2.17. The number of benzene rings is 1.